The number of Topliss-reactive ketones (excluding diaryl/α,β-unsaturated/α-hetero) is 1. The Kier molecular flexibility index (Phi) is 10.5. The molecule has 0 aliphatic heterocycles. The van der Waals surface area contributed by atoms with Gasteiger partial charge in [0.05, 0.1) is 0 Å². The van der Waals surface area contributed by atoms with Crippen molar-refractivity contribution < 1.29 is 9.59 Å². The quantitative estimate of drug-likeness (QED) is 0.543. The van der Waals surface area contributed by atoms with Gasteiger partial charge in [0.15, 0.2) is 5.78 Å². The highest BCUT2D eigenvalue weighted by atomic mass is 35.5. The van der Waals surface area contributed by atoms with Gasteiger partial charge in [-0.05, 0) is 31.4 Å². The van der Waals surface area contributed by atoms with Crippen LogP contribution >= 0.6 is 12.4 Å². The average Bonchev–Trinajstić information content (AvgIpc) is 2.49. The van der Waals surface area contributed by atoms with E-state index >= 15 is 0 Å². The Hall–Kier alpha value is -1.39. The second-order valence-electron chi connectivity index (χ2n) is 4.82. The van der Waals surface area contributed by atoms with E-state index in [0.717, 1.165) is 19.3 Å². The maximum atomic E-state index is 11.9. The number of amides is 1. The SMILES string of the molecule is CCc1ccc(C(=O)CCC(=O)NCCCCN)cc1.Cl. The summed E-state index contributed by atoms with van der Waals surface area (Å²) < 4.78 is 0. The van der Waals surface area contributed by atoms with Crippen LogP contribution in [0.4, 0.5) is 0 Å². The smallest absolute Gasteiger partial charge is 0.220 e. The number of hydrogen-bond acceptors (Lipinski definition) is 3. The first kappa shape index (κ1) is 19.6. The highest BCUT2D eigenvalue weighted by molar-refractivity contribution is 5.97. The van der Waals surface area contributed by atoms with Crippen molar-refractivity contribution in [1.82, 2.24) is 5.32 Å². The molecule has 0 aromatic heterocycles. The molecule has 4 nitrogen and oxygen atoms in total. The summed E-state index contributed by atoms with van der Waals surface area (Å²) in [4.78, 5) is 23.5. The minimum absolute atomic E-state index is 0. The predicted octanol–water partition coefficient (Wildman–Crippen LogP) is 2.49. The largest absolute Gasteiger partial charge is 0.356 e. The molecule has 5 heteroatoms. The van der Waals surface area contributed by atoms with Crippen LogP contribution in [0.15, 0.2) is 24.3 Å². The highest BCUT2D eigenvalue weighted by Gasteiger charge is 2.08. The topological polar surface area (TPSA) is 72.2 Å². The first-order valence-electron chi connectivity index (χ1n) is 7.26. The van der Waals surface area contributed by atoms with E-state index in [9.17, 15) is 9.59 Å². The van der Waals surface area contributed by atoms with Crippen LogP contribution in [0.25, 0.3) is 0 Å². The fourth-order valence-corrected chi connectivity index (χ4v) is 1.88. The molecule has 1 aromatic rings. The molecule has 0 unspecified atom stereocenters. The monoisotopic (exact) mass is 312 g/mol. The number of benzene rings is 1. The third-order valence-corrected chi connectivity index (χ3v) is 3.22. The number of carbonyl (C=O) groups is 2. The summed E-state index contributed by atoms with van der Waals surface area (Å²) in [5.41, 5.74) is 7.26. The summed E-state index contributed by atoms with van der Waals surface area (Å²) in [6.07, 6.45) is 3.25. The normalized spacial score (nSPS) is 9.81. The minimum atomic E-state index is -0.0689. The maximum absolute atomic E-state index is 11.9. The van der Waals surface area contributed by atoms with Crippen LogP contribution < -0.4 is 11.1 Å². The number of nitrogens with one attached hydrogen (secondary N) is 1. The van der Waals surface area contributed by atoms with Crippen molar-refractivity contribution in [3.63, 3.8) is 0 Å². The maximum Gasteiger partial charge on any atom is 0.220 e. The summed E-state index contributed by atoms with van der Waals surface area (Å²) in [7, 11) is 0. The molecule has 118 valence electrons. The summed E-state index contributed by atoms with van der Waals surface area (Å²) in [6.45, 7) is 3.35. The van der Waals surface area contributed by atoms with E-state index < -0.39 is 0 Å². The van der Waals surface area contributed by atoms with Gasteiger partial charge in [-0.1, -0.05) is 31.2 Å². The highest BCUT2D eigenvalue weighted by Crippen LogP contribution is 2.08. The van der Waals surface area contributed by atoms with E-state index in [1.165, 1.54) is 5.56 Å². The number of hydrogen-bond donors (Lipinski definition) is 2. The number of unbranched alkanes of at least 4 members (excludes halogenated alkanes) is 1. The van der Waals surface area contributed by atoms with E-state index in [-0.39, 0.29) is 36.9 Å². The molecule has 21 heavy (non-hydrogen) atoms. The summed E-state index contributed by atoms with van der Waals surface area (Å²) >= 11 is 0. The van der Waals surface area contributed by atoms with Crippen molar-refractivity contribution >= 4 is 24.1 Å². The molecule has 1 rings (SSSR count). The molecular formula is C16H25ClN2O2. The van der Waals surface area contributed by atoms with Crippen molar-refractivity contribution in [2.24, 2.45) is 5.73 Å². The zero-order valence-electron chi connectivity index (χ0n) is 12.6. The molecule has 0 aliphatic carbocycles. The fourth-order valence-electron chi connectivity index (χ4n) is 1.88. The standard InChI is InChI=1S/C16H24N2O2.ClH/c1-2-13-5-7-14(8-6-13)15(19)9-10-16(20)18-12-4-3-11-17;/h5-8H,2-4,9-12,17H2,1H3,(H,18,20);1H. The van der Waals surface area contributed by atoms with E-state index in [1.807, 2.05) is 24.3 Å². The molecule has 1 aromatic carbocycles. The molecule has 0 radical (unpaired) electrons. The van der Waals surface area contributed by atoms with Crippen molar-refractivity contribution in [2.45, 2.75) is 39.0 Å². The molecule has 3 N–H and O–H groups in total. The van der Waals surface area contributed by atoms with Gasteiger partial charge >= 0.3 is 0 Å². The van der Waals surface area contributed by atoms with Crippen molar-refractivity contribution in [2.75, 3.05) is 13.1 Å². The second kappa shape index (κ2) is 11.3. The molecule has 1 amide bonds. The zero-order valence-corrected chi connectivity index (χ0v) is 13.4. The van der Waals surface area contributed by atoms with Gasteiger partial charge in [0.25, 0.3) is 0 Å². The molecule has 0 bridgehead atoms. The lowest BCUT2D eigenvalue weighted by Crippen LogP contribution is -2.25. The lowest BCUT2D eigenvalue weighted by Gasteiger charge is -2.05. The zero-order chi connectivity index (χ0) is 14.8. The third-order valence-electron chi connectivity index (χ3n) is 3.22. The molecule has 0 saturated carbocycles. The minimum Gasteiger partial charge on any atom is -0.356 e. The number of halogens is 1. The van der Waals surface area contributed by atoms with Crippen LogP contribution in [-0.4, -0.2) is 24.8 Å². The van der Waals surface area contributed by atoms with Crippen LogP contribution in [0.5, 0.6) is 0 Å². The Labute approximate surface area is 132 Å². The first-order chi connectivity index (χ1) is 9.67. The summed E-state index contributed by atoms with van der Waals surface area (Å²) in [5.74, 6) is -0.0506. The third kappa shape index (κ3) is 7.83. The Balaban J connectivity index is 0.00000400. The molecule has 0 saturated heterocycles. The van der Waals surface area contributed by atoms with Gasteiger partial charge in [0.2, 0.25) is 5.91 Å². The van der Waals surface area contributed by atoms with Gasteiger partial charge < -0.3 is 11.1 Å². The van der Waals surface area contributed by atoms with Crippen LogP contribution in [0.3, 0.4) is 0 Å². The van der Waals surface area contributed by atoms with Crippen LogP contribution in [0.2, 0.25) is 0 Å². The molecule has 0 atom stereocenters. The molecule has 0 heterocycles. The van der Waals surface area contributed by atoms with E-state index in [0.29, 0.717) is 18.7 Å². The summed E-state index contributed by atoms with van der Waals surface area (Å²) in [5, 5.41) is 2.80. The Morgan fingerprint density at radius 2 is 1.76 bits per heavy atom. The lowest BCUT2D eigenvalue weighted by molar-refractivity contribution is -0.121. The molecular weight excluding hydrogens is 288 g/mol. The van der Waals surface area contributed by atoms with E-state index in [1.54, 1.807) is 0 Å². The Morgan fingerprint density at radius 3 is 2.33 bits per heavy atom. The molecule has 0 fully saturated rings. The number of rotatable bonds is 9. The van der Waals surface area contributed by atoms with Crippen LogP contribution in [0.1, 0.15) is 48.5 Å². The van der Waals surface area contributed by atoms with E-state index in [4.69, 9.17) is 5.73 Å². The van der Waals surface area contributed by atoms with Crippen LogP contribution in [-0.2, 0) is 11.2 Å². The Bertz CT molecular complexity index is 432. The van der Waals surface area contributed by atoms with E-state index in [2.05, 4.69) is 12.2 Å². The van der Waals surface area contributed by atoms with Crippen molar-refractivity contribution in [3.8, 4) is 0 Å². The molecule has 0 aliphatic rings. The number of ketones is 1. The van der Waals surface area contributed by atoms with Gasteiger partial charge in [-0.3, -0.25) is 9.59 Å². The number of nitrogens with two attached hydrogens (primary N) is 1. The predicted molar refractivity (Wildman–Crippen MR) is 87.9 cm³/mol. The average molecular weight is 313 g/mol. The van der Waals surface area contributed by atoms with Crippen molar-refractivity contribution in [3.05, 3.63) is 35.4 Å². The van der Waals surface area contributed by atoms with Crippen molar-refractivity contribution in [1.29, 1.82) is 0 Å². The summed E-state index contributed by atoms with van der Waals surface area (Å²) in [6, 6.07) is 7.58. The number of aryl methyl sites for hydroxylation is 1. The lowest BCUT2D eigenvalue weighted by atomic mass is 10.0. The van der Waals surface area contributed by atoms with Gasteiger partial charge in [-0.25, -0.2) is 0 Å². The first-order valence-corrected chi connectivity index (χ1v) is 7.26. The van der Waals surface area contributed by atoms with Gasteiger partial charge in [-0.2, -0.15) is 0 Å². The van der Waals surface area contributed by atoms with Gasteiger partial charge in [0, 0.05) is 24.9 Å². The van der Waals surface area contributed by atoms with Gasteiger partial charge in [-0.15, -0.1) is 12.4 Å². The Morgan fingerprint density at radius 1 is 1.10 bits per heavy atom. The molecule has 0 spiro atoms. The number of carbonyl (C=O) groups excluding carboxylic acids is 2. The second-order valence-corrected chi connectivity index (χ2v) is 4.82. The van der Waals surface area contributed by atoms with Crippen LogP contribution in [0, 0.1) is 0 Å². The van der Waals surface area contributed by atoms with Gasteiger partial charge in [0.1, 0.15) is 0 Å². The fraction of sp³-hybridized carbons (Fsp3) is 0.500.